The van der Waals surface area contributed by atoms with Gasteiger partial charge in [-0.05, 0) is 49.3 Å². The zero-order valence-corrected chi connectivity index (χ0v) is 15.1. The van der Waals surface area contributed by atoms with Crippen LogP contribution in [0.1, 0.15) is 44.1 Å². The minimum absolute atomic E-state index is 0. The van der Waals surface area contributed by atoms with Crippen LogP contribution >= 0.6 is 28.3 Å². The molecule has 0 bridgehead atoms. The van der Waals surface area contributed by atoms with Crippen LogP contribution in [0.4, 0.5) is 0 Å². The number of nitrogens with one attached hydrogen (secondary N) is 1. The number of hydrogen-bond acceptors (Lipinski definition) is 2. The SMILES string of the molecule is Cl.NC(CNC(=O)C1(c2cccc(Br)c2)CCCC1)C1CC1. The molecule has 122 valence electrons. The Labute approximate surface area is 147 Å². The zero-order chi connectivity index (χ0) is 14.9. The molecule has 22 heavy (non-hydrogen) atoms. The Hall–Kier alpha value is -0.580. The van der Waals surface area contributed by atoms with E-state index in [1.54, 1.807) is 0 Å². The fraction of sp³-hybridized carbons (Fsp3) is 0.588. The summed E-state index contributed by atoms with van der Waals surface area (Å²) in [6.45, 7) is 0.610. The maximum atomic E-state index is 12.8. The quantitative estimate of drug-likeness (QED) is 0.812. The largest absolute Gasteiger partial charge is 0.354 e. The van der Waals surface area contributed by atoms with Crippen molar-refractivity contribution in [1.82, 2.24) is 5.32 Å². The van der Waals surface area contributed by atoms with E-state index in [0.29, 0.717) is 12.5 Å². The predicted octanol–water partition coefficient (Wildman–Crippen LogP) is 3.54. The monoisotopic (exact) mass is 386 g/mol. The first-order valence-electron chi connectivity index (χ1n) is 7.92. The third-order valence-corrected chi connectivity index (χ3v) is 5.49. The maximum absolute atomic E-state index is 12.8. The Morgan fingerprint density at radius 2 is 2.05 bits per heavy atom. The van der Waals surface area contributed by atoms with Crippen LogP contribution in [0.25, 0.3) is 0 Å². The molecule has 1 atom stereocenters. The van der Waals surface area contributed by atoms with E-state index in [1.165, 1.54) is 12.8 Å². The Morgan fingerprint density at radius 3 is 2.64 bits per heavy atom. The first kappa shape index (κ1) is 17.8. The highest BCUT2D eigenvalue weighted by Gasteiger charge is 2.43. The highest BCUT2D eigenvalue weighted by molar-refractivity contribution is 9.10. The molecule has 0 aromatic heterocycles. The second-order valence-electron chi connectivity index (χ2n) is 6.51. The number of carbonyl (C=O) groups excluding carboxylic acids is 1. The van der Waals surface area contributed by atoms with E-state index in [4.69, 9.17) is 5.73 Å². The van der Waals surface area contributed by atoms with E-state index >= 15 is 0 Å². The second kappa shape index (κ2) is 7.33. The molecule has 1 aromatic carbocycles. The standard InChI is InChI=1S/C17H23BrN2O.ClH/c18-14-5-3-4-13(10-14)17(8-1-2-9-17)16(21)20-11-15(19)12-6-7-12;/h3-5,10,12,15H,1-2,6-9,11,19H2,(H,20,21);1H. The molecule has 2 aliphatic rings. The average Bonchev–Trinajstić information content (AvgIpc) is 3.21. The fourth-order valence-electron chi connectivity index (χ4n) is 3.48. The summed E-state index contributed by atoms with van der Waals surface area (Å²) in [4.78, 5) is 12.8. The van der Waals surface area contributed by atoms with Gasteiger partial charge in [-0.3, -0.25) is 4.79 Å². The normalized spacial score (nSPS) is 21.0. The van der Waals surface area contributed by atoms with Gasteiger partial charge in [0.05, 0.1) is 5.41 Å². The minimum atomic E-state index is -0.354. The summed E-state index contributed by atoms with van der Waals surface area (Å²) in [5.74, 6) is 0.782. The van der Waals surface area contributed by atoms with E-state index in [1.807, 2.05) is 12.1 Å². The Kier molecular flexibility index (Phi) is 5.92. The van der Waals surface area contributed by atoms with Crippen molar-refractivity contribution >= 4 is 34.2 Å². The number of rotatable bonds is 5. The molecule has 3 nitrogen and oxygen atoms in total. The van der Waals surface area contributed by atoms with Crippen LogP contribution in [0.2, 0.25) is 0 Å². The molecule has 0 aliphatic heterocycles. The summed E-state index contributed by atoms with van der Waals surface area (Å²) in [5.41, 5.74) is 6.89. The van der Waals surface area contributed by atoms with Crippen molar-refractivity contribution in [2.24, 2.45) is 11.7 Å². The summed E-state index contributed by atoms with van der Waals surface area (Å²) < 4.78 is 1.04. The van der Waals surface area contributed by atoms with Gasteiger partial charge in [-0.25, -0.2) is 0 Å². The summed E-state index contributed by atoms with van der Waals surface area (Å²) in [5, 5.41) is 3.13. The Bertz CT molecular complexity index is 527. The van der Waals surface area contributed by atoms with Gasteiger partial charge >= 0.3 is 0 Å². The molecule has 2 fully saturated rings. The van der Waals surface area contributed by atoms with Gasteiger partial charge in [0.1, 0.15) is 0 Å². The van der Waals surface area contributed by atoms with Gasteiger partial charge in [0.25, 0.3) is 0 Å². The zero-order valence-electron chi connectivity index (χ0n) is 12.7. The minimum Gasteiger partial charge on any atom is -0.354 e. The summed E-state index contributed by atoms with van der Waals surface area (Å²) >= 11 is 3.52. The van der Waals surface area contributed by atoms with Gasteiger partial charge in [0.15, 0.2) is 0 Å². The van der Waals surface area contributed by atoms with Crippen LogP contribution in [0.15, 0.2) is 28.7 Å². The van der Waals surface area contributed by atoms with Crippen LogP contribution < -0.4 is 11.1 Å². The van der Waals surface area contributed by atoms with Gasteiger partial charge < -0.3 is 11.1 Å². The average molecular weight is 388 g/mol. The summed E-state index contributed by atoms with van der Waals surface area (Å²) in [6, 6.07) is 8.31. The topological polar surface area (TPSA) is 55.1 Å². The molecule has 3 N–H and O–H groups in total. The lowest BCUT2D eigenvalue weighted by molar-refractivity contribution is -0.126. The first-order valence-corrected chi connectivity index (χ1v) is 8.71. The van der Waals surface area contributed by atoms with Crippen molar-refractivity contribution < 1.29 is 4.79 Å². The lowest BCUT2D eigenvalue weighted by Gasteiger charge is -2.29. The smallest absolute Gasteiger partial charge is 0.230 e. The molecule has 1 amide bonds. The molecule has 1 aromatic rings. The lowest BCUT2D eigenvalue weighted by Crippen LogP contribution is -2.47. The number of halogens is 2. The summed E-state index contributed by atoms with van der Waals surface area (Å²) in [7, 11) is 0. The molecule has 0 saturated heterocycles. The van der Waals surface area contributed by atoms with Crippen molar-refractivity contribution in [2.75, 3.05) is 6.54 Å². The molecule has 0 heterocycles. The van der Waals surface area contributed by atoms with Crippen molar-refractivity contribution in [3.05, 3.63) is 34.3 Å². The lowest BCUT2D eigenvalue weighted by atomic mass is 9.78. The van der Waals surface area contributed by atoms with Crippen molar-refractivity contribution in [3.8, 4) is 0 Å². The van der Waals surface area contributed by atoms with Gasteiger partial charge in [0.2, 0.25) is 5.91 Å². The van der Waals surface area contributed by atoms with Gasteiger partial charge in [-0.1, -0.05) is 40.9 Å². The van der Waals surface area contributed by atoms with Gasteiger partial charge in [-0.15, -0.1) is 12.4 Å². The number of hydrogen-bond donors (Lipinski definition) is 2. The molecule has 3 rings (SSSR count). The number of amides is 1. The Balaban J connectivity index is 0.00000176. The third-order valence-electron chi connectivity index (χ3n) is 4.99. The maximum Gasteiger partial charge on any atom is 0.230 e. The highest BCUT2D eigenvalue weighted by atomic mass is 79.9. The van der Waals surface area contributed by atoms with Crippen LogP contribution in [0.5, 0.6) is 0 Å². The van der Waals surface area contributed by atoms with Crippen LogP contribution in [0, 0.1) is 5.92 Å². The molecule has 5 heteroatoms. The molecular weight excluding hydrogens is 364 g/mol. The fourth-order valence-corrected chi connectivity index (χ4v) is 3.88. The second-order valence-corrected chi connectivity index (χ2v) is 7.43. The van der Waals surface area contributed by atoms with Crippen LogP contribution in [-0.4, -0.2) is 18.5 Å². The number of nitrogens with two attached hydrogens (primary N) is 1. The van der Waals surface area contributed by atoms with Gasteiger partial charge in [0, 0.05) is 17.1 Å². The van der Waals surface area contributed by atoms with E-state index in [0.717, 1.165) is 35.7 Å². The van der Waals surface area contributed by atoms with Crippen molar-refractivity contribution in [3.63, 3.8) is 0 Å². The van der Waals surface area contributed by atoms with E-state index in [-0.39, 0.29) is 29.8 Å². The molecule has 0 radical (unpaired) electrons. The first-order chi connectivity index (χ1) is 10.1. The summed E-state index contributed by atoms with van der Waals surface area (Å²) in [6.07, 6.45) is 6.55. The predicted molar refractivity (Wildman–Crippen MR) is 95.2 cm³/mol. The van der Waals surface area contributed by atoms with Gasteiger partial charge in [-0.2, -0.15) is 0 Å². The highest BCUT2D eigenvalue weighted by Crippen LogP contribution is 2.42. The number of carbonyl (C=O) groups is 1. The van der Waals surface area contributed by atoms with E-state index in [9.17, 15) is 4.79 Å². The van der Waals surface area contributed by atoms with Crippen molar-refractivity contribution in [1.29, 1.82) is 0 Å². The van der Waals surface area contributed by atoms with E-state index in [2.05, 4.69) is 33.4 Å². The Morgan fingerprint density at radius 1 is 1.36 bits per heavy atom. The molecular formula is C17H24BrClN2O. The number of benzene rings is 1. The van der Waals surface area contributed by atoms with E-state index < -0.39 is 0 Å². The molecule has 2 aliphatic carbocycles. The van der Waals surface area contributed by atoms with Crippen LogP contribution in [0.3, 0.4) is 0 Å². The van der Waals surface area contributed by atoms with Crippen molar-refractivity contribution in [2.45, 2.75) is 50.0 Å². The third kappa shape index (κ3) is 3.66. The molecule has 2 saturated carbocycles. The molecule has 1 unspecified atom stereocenters. The van der Waals surface area contributed by atoms with Crippen LogP contribution in [-0.2, 0) is 10.2 Å². The molecule has 0 spiro atoms.